The van der Waals surface area contributed by atoms with Gasteiger partial charge in [-0.2, -0.15) is 0 Å². The summed E-state index contributed by atoms with van der Waals surface area (Å²) in [4.78, 5) is 8.58. The summed E-state index contributed by atoms with van der Waals surface area (Å²) < 4.78 is 12.5. The number of benzene rings is 2. The first kappa shape index (κ1) is 30.0. The predicted octanol–water partition coefficient (Wildman–Crippen LogP) is 7.29. The standard InChI is InChI=1S/C22H29BrO2.C4H10.CH3NO/c1-21(2,3)24-19-13-17(12-16-10-8-7-9-11-16)14-20(18(19)15-23)25-22(4,5)6;1-4(2)3;2-1-3/h7-11,13-14H,12,15H2,1-6H3;4H,1-3H3;1H,(H2,2,3). The zero-order chi connectivity index (χ0) is 24.9. The molecule has 0 saturated heterocycles. The van der Waals surface area contributed by atoms with Crippen LogP contribution in [0.15, 0.2) is 42.5 Å². The number of ether oxygens (including phenoxy) is 2. The highest BCUT2D eigenvalue weighted by molar-refractivity contribution is 9.08. The Labute approximate surface area is 204 Å². The van der Waals surface area contributed by atoms with Gasteiger partial charge >= 0.3 is 0 Å². The van der Waals surface area contributed by atoms with Crippen LogP contribution in [0.2, 0.25) is 0 Å². The van der Waals surface area contributed by atoms with E-state index in [-0.39, 0.29) is 17.6 Å². The lowest BCUT2D eigenvalue weighted by atomic mass is 10.0. The second-order valence-electron chi connectivity index (χ2n) is 10.2. The largest absolute Gasteiger partial charge is 0.488 e. The molecule has 32 heavy (non-hydrogen) atoms. The summed E-state index contributed by atoms with van der Waals surface area (Å²) >= 11 is 3.61. The lowest BCUT2D eigenvalue weighted by molar-refractivity contribution is -0.106. The number of hydrogen-bond acceptors (Lipinski definition) is 3. The Morgan fingerprint density at radius 2 is 1.25 bits per heavy atom. The van der Waals surface area contributed by atoms with Gasteiger partial charge in [0.05, 0.1) is 0 Å². The van der Waals surface area contributed by atoms with Crippen LogP contribution in [-0.4, -0.2) is 17.6 Å². The van der Waals surface area contributed by atoms with Gasteiger partial charge in [-0.25, -0.2) is 0 Å². The van der Waals surface area contributed by atoms with Crippen LogP contribution < -0.4 is 15.2 Å². The number of hydrogen-bond donors (Lipinski definition) is 1. The Balaban J connectivity index is 0.00000121. The van der Waals surface area contributed by atoms with E-state index in [1.165, 1.54) is 11.1 Å². The lowest BCUT2D eigenvalue weighted by Crippen LogP contribution is -2.26. The highest BCUT2D eigenvalue weighted by Gasteiger charge is 2.21. The Hall–Kier alpha value is -2.01. The molecular formula is C27H42BrNO3. The van der Waals surface area contributed by atoms with Crippen LogP contribution in [0, 0.1) is 5.92 Å². The Bertz CT molecular complexity index is 751. The summed E-state index contributed by atoms with van der Waals surface area (Å²) in [6.45, 7) is 18.9. The highest BCUT2D eigenvalue weighted by atomic mass is 79.9. The number of rotatable bonds is 5. The topological polar surface area (TPSA) is 61.6 Å². The molecule has 2 rings (SSSR count). The molecule has 0 aliphatic carbocycles. The molecule has 0 atom stereocenters. The third kappa shape index (κ3) is 14.1. The average molecular weight is 509 g/mol. The monoisotopic (exact) mass is 507 g/mol. The minimum atomic E-state index is -0.263. The molecule has 0 unspecified atom stereocenters. The van der Waals surface area contributed by atoms with E-state index in [0.29, 0.717) is 5.33 Å². The van der Waals surface area contributed by atoms with Gasteiger partial charge < -0.3 is 15.2 Å². The second-order valence-corrected chi connectivity index (χ2v) is 10.7. The Morgan fingerprint density at radius 3 is 1.56 bits per heavy atom. The Morgan fingerprint density at radius 1 is 0.875 bits per heavy atom. The SMILES string of the molecule is CC(C)(C)Oc1cc(Cc2ccccc2)cc(OC(C)(C)C)c1CBr.CC(C)C.NC=O. The van der Waals surface area contributed by atoms with Crippen molar-refractivity contribution in [1.29, 1.82) is 0 Å². The summed E-state index contributed by atoms with van der Waals surface area (Å²) in [5.74, 6) is 2.61. The van der Waals surface area contributed by atoms with Crippen molar-refractivity contribution in [3.8, 4) is 11.5 Å². The molecule has 0 spiro atoms. The van der Waals surface area contributed by atoms with Crippen molar-refractivity contribution in [2.75, 3.05) is 0 Å². The summed E-state index contributed by atoms with van der Waals surface area (Å²) in [6, 6.07) is 14.8. The molecule has 5 heteroatoms. The molecule has 0 bridgehead atoms. The summed E-state index contributed by atoms with van der Waals surface area (Å²) in [5, 5.41) is 0.690. The number of carbonyl (C=O) groups is 1. The molecule has 0 aliphatic rings. The van der Waals surface area contributed by atoms with E-state index in [1.54, 1.807) is 0 Å². The maximum atomic E-state index is 8.58. The fraction of sp³-hybridized carbons (Fsp3) is 0.519. The van der Waals surface area contributed by atoms with Gasteiger partial charge in [0, 0.05) is 10.9 Å². The van der Waals surface area contributed by atoms with Crippen molar-refractivity contribution in [3.05, 3.63) is 59.2 Å². The Kier molecular flexibility index (Phi) is 13.3. The molecule has 0 heterocycles. The number of primary amides is 1. The highest BCUT2D eigenvalue weighted by Crippen LogP contribution is 2.37. The molecule has 1 amide bonds. The van der Waals surface area contributed by atoms with E-state index in [9.17, 15) is 0 Å². The first-order valence-corrected chi connectivity index (χ1v) is 12.1. The maximum absolute atomic E-state index is 8.58. The summed E-state index contributed by atoms with van der Waals surface area (Å²) in [6.07, 6.45) is 1.10. The van der Waals surface area contributed by atoms with Crippen LogP contribution in [0.5, 0.6) is 11.5 Å². The molecule has 2 N–H and O–H groups in total. The molecule has 0 saturated carbocycles. The predicted molar refractivity (Wildman–Crippen MR) is 140 cm³/mol. The second kappa shape index (κ2) is 14.2. The van der Waals surface area contributed by atoms with Crippen molar-refractivity contribution in [2.45, 2.75) is 85.3 Å². The summed E-state index contributed by atoms with van der Waals surface area (Å²) in [7, 11) is 0. The van der Waals surface area contributed by atoms with Gasteiger partial charge in [-0.3, -0.25) is 4.79 Å². The van der Waals surface area contributed by atoms with Gasteiger partial charge in [-0.05, 0) is 77.1 Å². The maximum Gasteiger partial charge on any atom is 0.204 e. The van der Waals surface area contributed by atoms with E-state index in [2.05, 4.69) is 120 Å². The quantitative estimate of drug-likeness (QED) is 0.341. The van der Waals surface area contributed by atoms with Crippen LogP contribution >= 0.6 is 15.9 Å². The van der Waals surface area contributed by atoms with Crippen LogP contribution in [0.1, 0.15) is 79.0 Å². The zero-order valence-corrected chi connectivity index (χ0v) is 22.9. The molecule has 0 radical (unpaired) electrons. The number of amides is 1. The van der Waals surface area contributed by atoms with Crippen molar-refractivity contribution in [2.24, 2.45) is 11.7 Å². The van der Waals surface area contributed by atoms with Gasteiger partial charge in [-0.15, -0.1) is 0 Å². The lowest BCUT2D eigenvalue weighted by Gasteiger charge is -2.28. The van der Waals surface area contributed by atoms with E-state index in [0.717, 1.165) is 29.4 Å². The first-order valence-electron chi connectivity index (χ1n) is 11.0. The minimum absolute atomic E-state index is 0.250. The van der Waals surface area contributed by atoms with E-state index in [4.69, 9.17) is 14.3 Å². The van der Waals surface area contributed by atoms with E-state index < -0.39 is 0 Å². The molecular weight excluding hydrogens is 466 g/mol. The number of nitrogens with two attached hydrogens (primary N) is 1. The van der Waals surface area contributed by atoms with Crippen LogP contribution in [0.4, 0.5) is 0 Å². The molecule has 2 aromatic rings. The first-order chi connectivity index (χ1) is 14.7. The summed E-state index contributed by atoms with van der Waals surface area (Å²) in [5.41, 5.74) is 7.16. The van der Waals surface area contributed by atoms with Gasteiger partial charge in [0.2, 0.25) is 6.41 Å². The van der Waals surface area contributed by atoms with Crippen molar-refractivity contribution in [1.82, 2.24) is 0 Å². The van der Waals surface area contributed by atoms with Gasteiger partial charge in [0.25, 0.3) is 0 Å². The smallest absolute Gasteiger partial charge is 0.204 e. The van der Waals surface area contributed by atoms with Crippen molar-refractivity contribution >= 4 is 22.3 Å². The van der Waals surface area contributed by atoms with Crippen LogP contribution in [0.25, 0.3) is 0 Å². The third-order valence-corrected chi connectivity index (χ3v) is 4.01. The number of carbonyl (C=O) groups excluding carboxylic acids is 1. The zero-order valence-electron chi connectivity index (χ0n) is 21.3. The molecule has 4 nitrogen and oxygen atoms in total. The number of alkyl halides is 1. The van der Waals surface area contributed by atoms with Gasteiger partial charge in [-0.1, -0.05) is 67.0 Å². The fourth-order valence-corrected chi connectivity index (χ4v) is 3.13. The third-order valence-electron chi connectivity index (χ3n) is 3.44. The van der Waals surface area contributed by atoms with Crippen LogP contribution in [-0.2, 0) is 16.5 Å². The van der Waals surface area contributed by atoms with Crippen molar-refractivity contribution < 1.29 is 14.3 Å². The molecule has 0 fully saturated rings. The molecule has 2 aromatic carbocycles. The fourth-order valence-electron chi connectivity index (χ4n) is 2.58. The van der Waals surface area contributed by atoms with Gasteiger partial charge in [0.15, 0.2) is 0 Å². The van der Waals surface area contributed by atoms with E-state index in [1.807, 2.05) is 6.07 Å². The average Bonchev–Trinajstić information content (AvgIpc) is 2.60. The normalized spacial score (nSPS) is 11.0. The van der Waals surface area contributed by atoms with Gasteiger partial charge in [0.1, 0.15) is 22.7 Å². The van der Waals surface area contributed by atoms with E-state index >= 15 is 0 Å². The molecule has 180 valence electrons. The van der Waals surface area contributed by atoms with Crippen LogP contribution in [0.3, 0.4) is 0 Å². The van der Waals surface area contributed by atoms with Crippen molar-refractivity contribution in [3.63, 3.8) is 0 Å². The minimum Gasteiger partial charge on any atom is -0.488 e. The molecule has 0 aliphatic heterocycles. The molecule has 0 aromatic heterocycles. The number of halogens is 1.